The number of pyridine rings is 1. The molecule has 7 heteroatoms. The molecule has 1 aliphatic heterocycles. The number of aromatic amines is 2. The Labute approximate surface area is 174 Å². The molecule has 1 unspecified atom stereocenters. The third-order valence-electron chi connectivity index (χ3n) is 5.42. The summed E-state index contributed by atoms with van der Waals surface area (Å²) >= 11 is 1.69. The maximum atomic E-state index is 12.4. The number of nitrogens with zero attached hydrogens (tertiary/aromatic N) is 2. The second-order valence-corrected chi connectivity index (χ2v) is 8.44. The Morgan fingerprint density at radius 1 is 1.17 bits per heavy atom. The molecule has 1 aromatic carbocycles. The number of aromatic nitrogens is 3. The molecule has 3 N–H and O–H groups in total. The average molecular weight is 412 g/mol. The first-order chi connectivity index (χ1) is 14.2. The molecular weight excluding hydrogens is 384 g/mol. The fraction of sp³-hybridized carbons (Fsp3) is 0.409. The zero-order chi connectivity index (χ0) is 20.1. The van der Waals surface area contributed by atoms with Crippen molar-refractivity contribution in [3.8, 4) is 0 Å². The van der Waals surface area contributed by atoms with Gasteiger partial charge in [-0.25, -0.2) is 4.98 Å². The molecule has 0 aliphatic carbocycles. The van der Waals surface area contributed by atoms with Crippen LogP contribution in [0.15, 0.2) is 47.3 Å². The topological polar surface area (TPSA) is 83.4 Å². The Morgan fingerprint density at radius 2 is 2.03 bits per heavy atom. The predicted octanol–water partition coefficient (Wildman–Crippen LogP) is 2.91. The van der Waals surface area contributed by atoms with Crippen LogP contribution in [0.3, 0.4) is 0 Å². The van der Waals surface area contributed by atoms with Crippen molar-refractivity contribution in [1.82, 2.24) is 9.97 Å². The minimum absolute atomic E-state index is 0.129. The van der Waals surface area contributed by atoms with Crippen LogP contribution in [0.5, 0.6) is 0 Å². The summed E-state index contributed by atoms with van der Waals surface area (Å²) in [5, 5.41) is 9.40. The number of aliphatic hydroxyl groups excluding tert-OH is 1. The van der Waals surface area contributed by atoms with Crippen molar-refractivity contribution in [3.63, 3.8) is 0 Å². The van der Waals surface area contributed by atoms with Crippen LogP contribution < -0.4 is 15.4 Å². The highest BCUT2D eigenvalue weighted by molar-refractivity contribution is 7.97. The highest BCUT2D eigenvalue weighted by atomic mass is 32.2. The molecule has 4 rings (SSSR count). The molecule has 6 nitrogen and oxygen atoms in total. The van der Waals surface area contributed by atoms with Crippen LogP contribution in [0, 0.1) is 0 Å². The number of rotatable bonds is 7. The molecule has 0 amide bonds. The molecule has 1 fully saturated rings. The van der Waals surface area contributed by atoms with Crippen LogP contribution in [-0.4, -0.2) is 34.3 Å². The smallest absolute Gasteiger partial charge is 0.288 e. The molecule has 0 bridgehead atoms. The molecule has 152 valence electrons. The molecule has 0 spiro atoms. The molecule has 3 aromatic rings. The van der Waals surface area contributed by atoms with Gasteiger partial charge >= 0.3 is 0 Å². The van der Waals surface area contributed by atoms with E-state index in [1.54, 1.807) is 11.8 Å². The SMILES string of the molecule is O=c1[nH]c2ccc(N3CCCCC3CCO)[nH+]c2nc1CSCc1ccccc1. The Kier molecular flexibility index (Phi) is 6.46. The van der Waals surface area contributed by atoms with E-state index in [-0.39, 0.29) is 12.2 Å². The first-order valence-corrected chi connectivity index (χ1v) is 11.3. The van der Waals surface area contributed by atoms with E-state index in [1.807, 2.05) is 30.3 Å². The lowest BCUT2D eigenvalue weighted by molar-refractivity contribution is -0.334. The summed E-state index contributed by atoms with van der Waals surface area (Å²) in [5.41, 5.74) is 3.06. The van der Waals surface area contributed by atoms with E-state index in [4.69, 9.17) is 0 Å². The second kappa shape index (κ2) is 9.41. The summed E-state index contributed by atoms with van der Waals surface area (Å²) in [5.74, 6) is 2.41. The first-order valence-electron chi connectivity index (χ1n) is 10.2. The van der Waals surface area contributed by atoms with Gasteiger partial charge in [0.05, 0.1) is 18.3 Å². The normalized spacial score (nSPS) is 17.0. The Bertz CT molecular complexity index is 1010. The number of piperidine rings is 1. The standard InChI is InChI=1S/C22H26N4O2S/c27-13-11-17-8-4-5-12-26(17)20-10-9-18-21(25-20)23-19(22(28)24-18)15-29-14-16-6-2-1-3-7-16/h1-3,6-7,9-10,17,27H,4-5,8,11-15H2,(H,24,28)/p+1. The van der Waals surface area contributed by atoms with Crippen molar-refractivity contribution < 1.29 is 10.1 Å². The van der Waals surface area contributed by atoms with Gasteiger partial charge in [0, 0.05) is 24.8 Å². The highest BCUT2D eigenvalue weighted by Gasteiger charge is 2.27. The maximum absolute atomic E-state index is 12.4. The number of benzene rings is 1. The Morgan fingerprint density at radius 3 is 2.86 bits per heavy atom. The number of hydrogen-bond donors (Lipinski definition) is 2. The molecule has 29 heavy (non-hydrogen) atoms. The molecule has 1 aliphatic rings. The van der Waals surface area contributed by atoms with Crippen molar-refractivity contribution in [2.24, 2.45) is 0 Å². The third kappa shape index (κ3) is 4.79. The van der Waals surface area contributed by atoms with Gasteiger partial charge in [-0.05, 0) is 30.9 Å². The Hall–Kier alpha value is -2.38. The van der Waals surface area contributed by atoms with Crippen LogP contribution in [0.2, 0.25) is 0 Å². The molecule has 2 aromatic heterocycles. The van der Waals surface area contributed by atoms with Gasteiger partial charge in [0.25, 0.3) is 11.2 Å². The van der Waals surface area contributed by atoms with Gasteiger partial charge in [0.2, 0.25) is 5.82 Å². The van der Waals surface area contributed by atoms with Gasteiger partial charge in [-0.1, -0.05) is 35.3 Å². The summed E-state index contributed by atoms with van der Waals surface area (Å²) in [6, 6.07) is 14.5. The minimum Gasteiger partial charge on any atom is -0.396 e. The van der Waals surface area contributed by atoms with E-state index in [9.17, 15) is 9.90 Å². The summed E-state index contributed by atoms with van der Waals surface area (Å²) < 4.78 is 0. The van der Waals surface area contributed by atoms with E-state index in [1.165, 1.54) is 12.0 Å². The van der Waals surface area contributed by atoms with Gasteiger partial charge in [-0.2, -0.15) is 0 Å². The van der Waals surface area contributed by atoms with Gasteiger partial charge < -0.3 is 10.1 Å². The minimum atomic E-state index is -0.129. The lowest BCUT2D eigenvalue weighted by Gasteiger charge is -2.32. The number of thioether (sulfide) groups is 1. The third-order valence-corrected chi connectivity index (χ3v) is 6.43. The second-order valence-electron chi connectivity index (χ2n) is 7.45. The lowest BCUT2D eigenvalue weighted by Crippen LogP contribution is -2.43. The Balaban J connectivity index is 1.54. The zero-order valence-corrected chi connectivity index (χ0v) is 17.3. The fourth-order valence-corrected chi connectivity index (χ4v) is 4.83. The average Bonchev–Trinajstić information content (AvgIpc) is 2.75. The van der Waals surface area contributed by atoms with Crippen molar-refractivity contribution in [1.29, 1.82) is 0 Å². The van der Waals surface area contributed by atoms with E-state index in [2.05, 4.69) is 32.0 Å². The van der Waals surface area contributed by atoms with E-state index in [0.29, 0.717) is 28.7 Å². The molecule has 0 radical (unpaired) electrons. The van der Waals surface area contributed by atoms with Gasteiger partial charge in [0.1, 0.15) is 5.52 Å². The van der Waals surface area contributed by atoms with Gasteiger partial charge in [-0.15, -0.1) is 11.8 Å². The maximum Gasteiger partial charge on any atom is 0.288 e. The fourth-order valence-electron chi connectivity index (χ4n) is 3.91. The largest absolute Gasteiger partial charge is 0.396 e. The predicted molar refractivity (Wildman–Crippen MR) is 117 cm³/mol. The van der Waals surface area contributed by atoms with Crippen LogP contribution in [0.25, 0.3) is 11.2 Å². The molecule has 1 atom stereocenters. The number of anilines is 1. The van der Waals surface area contributed by atoms with Crippen molar-refractivity contribution in [2.45, 2.75) is 43.2 Å². The van der Waals surface area contributed by atoms with Crippen molar-refractivity contribution >= 4 is 28.7 Å². The van der Waals surface area contributed by atoms with Gasteiger partial charge in [0.15, 0.2) is 5.69 Å². The van der Waals surface area contributed by atoms with Crippen molar-refractivity contribution in [2.75, 3.05) is 18.1 Å². The first kappa shape index (κ1) is 19.9. The summed E-state index contributed by atoms with van der Waals surface area (Å²) in [4.78, 5) is 25.7. The highest BCUT2D eigenvalue weighted by Crippen LogP contribution is 2.24. The molecule has 3 heterocycles. The molecular formula is C22H27N4O2S+. The number of nitrogens with one attached hydrogen (secondary N) is 2. The van der Waals surface area contributed by atoms with Gasteiger partial charge in [-0.3, -0.25) is 9.69 Å². The summed E-state index contributed by atoms with van der Waals surface area (Å²) in [6.45, 7) is 1.17. The van der Waals surface area contributed by atoms with Crippen LogP contribution in [0.1, 0.15) is 36.9 Å². The van der Waals surface area contributed by atoms with E-state index >= 15 is 0 Å². The summed E-state index contributed by atoms with van der Waals surface area (Å²) in [6.07, 6.45) is 4.20. The number of aliphatic hydroxyl groups is 1. The van der Waals surface area contributed by atoms with Crippen molar-refractivity contribution in [3.05, 3.63) is 64.1 Å². The lowest BCUT2D eigenvalue weighted by atomic mass is 9.99. The zero-order valence-electron chi connectivity index (χ0n) is 16.4. The molecule has 0 saturated carbocycles. The quantitative estimate of drug-likeness (QED) is 0.625. The number of hydrogen-bond acceptors (Lipinski definition) is 5. The number of H-pyrrole nitrogens is 2. The summed E-state index contributed by atoms with van der Waals surface area (Å²) in [7, 11) is 0. The van der Waals surface area contributed by atoms with Crippen LogP contribution >= 0.6 is 11.8 Å². The van der Waals surface area contributed by atoms with Crippen LogP contribution in [-0.2, 0) is 11.5 Å². The monoisotopic (exact) mass is 411 g/mol. The molecule has 1 saturated heterocycles. The van der Waals surface area contributed by atoms with E-state index < -0.39 is 0 Å². The van der Waals surface area contributed by atoms with E-state index in [0.717, 1.165) is 37.4 Å². The van der Waals surface area contributed by atoms with Crippen LogP contribution in [0.4, 0.5) is 5.82 Å². The number of fused-ring (bicyclic) bond motifs is 1.